The number of carbonyl (C=O) groups is 7. The Hall–Kier alpha value is -4.33. The number of hydrogen-bond acceptors (Lipinski definition) is 9. The summed E-state index contributed by atoms with van der Waals surface area (Å²) in [4.78, 5) is 79.1. The fourth-order valence-corrected chi connectivity index (χ4v) is 3.17. The molecule has 1 aromatic rings. The standard InChI is InChI=1S/C18H31N3O7.C12H15NO3.C3H8/c1-4-19-16(24)11-20-18(27)13(5-6-17(25)26)21-15(23)8-10-28-9-7-14(22)12(2)3;1-9(2)12(15)16-7-10-3-5-11(6-4-10)13-8-14;1-3-2/h12-13H,4-11H2,1-3H3,(H,19,24)(H,20,27)(H,21,23)(H,25,26);3-6,8-9H,7H2,1-2H3,(H,13,14);3H2,1-2H3. The Kier molecular flexibility index (Phi) is 26.6. The van der Waals surface area contributed by atoms with Crippen molar-refractivity contribution in [3.05, 3.63) is 29.8 Å². The van der Waals surface area contributed by atoms with E-state index in [0.29, 0.717) is 18.6 Å². The molecule has 1 unspecified atom stereocenters. The Bertz CT molecular complexity index is 1090. The summed E-state index contributed by atoms with van der Waals surface area (Å²) in [5.41, 5.74) is 1.61. The second-order valence-electron chi connectivity index (χ2n) is 10.9. The minimum atomic E-state index is -1.10. The average Bonchev–Trinajstić information content (AvgIpc) is 3.01. The van der Waals surface area contributed by atoms with Crippen molar-refractivity contribution in [1.29, 1.82) is 0 Å². The van der Waals surface area contributed by atoms with E-state index in [4.69, 9.17) is 14.6 Å². The van der Waals surface area contributed by atoms with E-state index < -0.39 is 23.8 Å². The van der Waals surface area contributed by atoms with Gasteiger partial charge in [0.1, 0.15) is 18.4 Å². The molecule has 0 saturated carbocycles. The normalized spacial score (nSPS) is 10.7. The molecule has 0 aromatic heterocycles. The molecule has 0 heterocycles. The molecular weight excluding hydrogens is 612 g/mol. The van der Waals surface area contributed by atoms with Crippen LogP contribution in [0, 0.1) is 11.8 Å². The highest BCUT2D eigenvalue weighted by molar-refractivity contribution is 5.90. The number of nitrogens with one attached hydrogen (secondary N) is 4. The van der Waals surface area contributed by atoms with E-state index in [2.05, 4.69) is 35.1 Å². The van der Waals surface area contributed by atoms with E-state index >= 15 is 0 Å². The lowest BCUT2D eigenvalue weighted by Crippen LogP contribution is -2.49. The highest BCUT2D eigenvalue weighted by Gasteiger charge is 2.22. The number of carboxylic acids is 1. The monoisotopic (exact) mass is 666 g/mol. The molecule has 1 aromatic carbocycles. The van der Waals surface area contributed by atoms with Gasteiger partial charge in [0.25, 0.3) is 0 Å². The van der Waals surface area contributed by atoms with Crippen LogP contribution < -0.4 is 21.3 Å². The molecule has 0 bridgehead atoms. The van der Waals surface area contributed by atoms with E-state index in [9.17, 15) is 33.6 Å². The predicted molar refractivity (Wildman–Crippen MR) is 177 cm³/mol. The molecule has 0 spiro atoms. The molecule has 14 heteroatoms. The van der Waals surface area contributed by atoms with Gasteiger partial charge in [-0.25, -0.2) is 0 Å². The van der Waals surface area contributed by atoms with Gasteiger partial charge in [-0.2, -0.15) is 0 Å². The number of anilines is 1. The van der Waals surface area contributed by atoms with Gasteiger partial charge in [0.05, 0.1) is 25.7 Å². The summed E-state index contributed by atoms with van der Waals surface area (Å²) in [6.07, 6.45) is 1.68. The van der Waals surface area contributed by atoms with Crippen LogP contribution in [0.25, 0.3) is 0 Å². The van der Waals surface area contributed by atoms with Crippen LogP contribution in [0.15, 0.2) is 24.3 Å². The summed E-state index contributed by atoms with van der Waals surface area (Å²) < 4.78 is 10.3. The number of benzene rings is 1. The SMILES string of the molecule is CC(C)C(=O)OCc1ccc(NC=O)cc1.CCC.CCNC(=O)CNC(=O)C(CCC(=O)O)NC(=O)CCOCCC(=O)C(C)C. The average molecular weight is 667 g/mol. The van der Waals surface area contributed by atoms with Crippen LogP contribution in [0.4, 0.5) is 5.69 Å². The molecule has 0 radical (unpaired) electrons. The van der Waals surface area contributed by atoms with Crippen LogP contribution in [0.3, 0.4) is 0 Å². The number of amides is 4. The molecule has 0 fully saturated rings. The number of likely N-dealkylation sites (N-methyl/N-ethyl adjacent to an activating group) is 1. The second-order valence-corrected chi connectivity index (χ2v) is 10.9. The van der Waals surface area contributed by atoms with Crippen molar-refractivity contribution in [3.63, 3.8) is 0 Å². The molecule has 0 saturated heterocycles. The van der Waals surface area contributed by atoms with Gasteiger partial charge in [0.2, 0.25) is 24.1 Å². The van der Waals surface area contributed by atoms with Gasteiger partial charge in [0, 0.05) is 37.4 Å². The third-order valence-electron chi connectivity index (χ3n) is 5.74. The second kappa shape index (κ2) is 27.9. The highest BCUT2D eigenvalue weighted by atomic mass is 16.5. The first-order chi connectivity index (χ1) is 22.2. The molecule has 0 aliphatic heterocycles. The summed E-state index contributed by atoms with van der Waals surface area (Å²) in [5.74, 6) is -2.94. The number of ketones is 1. The maximum absolute atomic E-state index is 12.1. The Morgan fingerprint density at radius 3 is 1.94 bits per heavy atom. The van der Waals surface area contributed by atoms with Gasteiger partial charge in [-0.3, -0.25) is 33.6 Å². The molecule has 47 heavy (non-hydrogen) atoms. The molecule has 1 rings (SSSR count). The summed E-state index contributed by atoms with van der Waals surface area (Å²) >= 11 is 0. The zero-order chi connectivity index (χ0) is 36.2. The number of esters is 1. The first-order valence-electron chi connectivity index (χ1n) is 15.8. The topological polar surface area (TPSA) is 206 Å². The van der Waals surface area contributed by atoms with Crippen LogP contribution in [-0.2, 0) is 49.6 Å². The lowest BCUT2D eigenvalue weighted by molar-refractivity contribution is -0.148. The third kappa shape index (κ3) is 25.5. The van der Waals surface area contributed by atoms with E-state index in [0.717, 1.165) is 5.56 Å². The summed E-state index contributed by atoms with van der Waals surface area (Å²) in [5, 5.41) is 18.7. The van der Waals surface area contributed by atoms with Gasteiger partial charge in [-0.1, -0.05) is 60.1 Å². The summed E-state index contributed by atoms with van der Waals surface area (Å²) in [6.45, 7) is 13.8. The minimum absolute atomic E-state index is 0.0386. The molecule has 14 nitrogen and oxygen atoms in total. The van der Waals surface area contributed by atoms with Crippen molar-refractivity contribution in [3.8, 4) is 0 Å². The van der Waals surface area contributed by atoms with Gasteiger partial charge in [-0.05, 0) is 31.0 Å². The quantitative estimate of drug-likeness (QED) is 0.0781. The lowest BCUT2D eigenvalue weighted by Gasteiger charge is -2.18. The molecule has 0 aliphatic rings. The number of carbonyl (C=O) groups excluding carboxylic acids is 6. The van der Waals surface area contributed by atoms with Crippen LogP contribution in [0.5, 0.6) is 0 Å². The molecule has 266 valence electrons. The van der Waals surface area contributed by atoms with Crippen LogP contribution in [0.2, 0.25) is 0 Å². The number of aliphatic carboxylic acids is 1. The first kappa shape index (κ1) is 44.8. The van der Waals surface area contributed by atoms with Gasteiger partial charge in [0.15, 0.2) is 0 Å². The maximum Gasteiger partial charge on any atom is 0.308 e. The fraction of sp³-hybridized carbons (Fsp3) is 0.606. The third-order valence-corrected chi connectivity index (χ3v) is 5.74. The number of carboxylic acid groups (broad SMARTS) is 1. The number of Topliss-reactive ketones (excluding diaryl/α,β-unsaturated/α-hetero) is 1. The fourth-order valence-electron chi connectivity index (χ4n) is 3.17. The van der Waals surface area contributed by atoms with Crippen molar-refractivity contribution in [2.45, 2.75) is 93.2 Å². The van der Waals surface area contributed by atoms with Crippen molar-refractivity contribution < 1.29 is 48.1 Å². The highest BCUT2D eigenvalue weighted by Crippen LogP contribution is 2.10. The molecule has 1 atom stereocenters. The van der Waals surface area contributed by atoms with Crippen LogP contribution in [-0.4, -0.2) is 79.3 Å². The van der Waals surface area contributed by atoms with E-state index in [1.807, 2.05) is 0 Å². The van der Waals surface area contributed by atoms with Gasteiger partial charge < -0.3 is 35.8 Å². The van der Waals surface area contributed by atoms with Gasteiger partial charge in [-0.15, -0.1) is 0 Å². The van der Waals surface area contributed by atoms with Crippen molar-refractivity contribution in [1.82, 2.24) is 16.0 Å². The first-order valence-corrected chi connectivity index (χ1v) is 15.8. The molecule has 0 aliphatic carbocycles. The summed E-state index contributed by atoms with van der Waals surface area (Å²) in [7, 11) is 0. The van der Waals surface area contributed by atoms with Gasteiger partial charge >= 0.3 is 11.9 Å². The lowest BCUT2D eigenvalue weighted by atomic mass is 10.1. The number of hydrogen-bond donors (Lipinski definition) is 5. The number of rotatable bonds is 20. The zero-order valence-electron chi connectivity index (χ0n) is 28.8. The summed E-state index contributed by atoms with van der Waals surface area (Å²) in [6, 6.07) is 6.05. The predicted octanol–water partition coefficient (Wildman–Crippen LogP) is 2.98. The van der Waals surface area contributed by atoms with Crippen molar-refractivity contribution in [2.75, 3.05) is 31.6 Å². The van der Waals surface area contributed by atoms with Crippen LogP contribution in [0.1, 0.15) is 86.1 Å². The Morgan fingerprint density at radius 2 is 1.43 bits per heavy atom. The maximum atomic E-state index is 12.1. The van der Waals surface area contributed by atoms with E-state index in [1.54, 1.807) is 58.9 Å². The van der Waals surface area contributed by atoms with E-state index in [-0.39, 0.29) is 81.5 Å². The molecular formula is C33H54N4O10. The largest absolute Gasteiger partial charge is 0.481 e. The number of ether oxygens (including phenoxy) is 2. The van der Waals surface area contributed by atoms with Crippen molar-refractivity contribution in [2.24, 2.45) is 11.8 Å². The molecule has 4 amide bonds. The van der Waals surface area contributed by atoms with Crippen molar-refractivity contribution >= 4 is 47.5 Å². The van der Waals surface area contributed by atoms with E-state index in [1.165, 1.54) is 6.42 Å². The Labute approximate surface area is 278 Å². The zero-order valence-corrected chi connectivity index (χ0v) is 28.8. The molecule has 5 N–H and O–H groups in total. The Balaban J connectivity index is 0. The van der Waals surface area contributed by atoms with Crippen LogP contribution >= 0.6 is 0 Å². The smallest absolute Gasteiger partial charge is 0.308 e. The minimum Gasteiger partial charge on any atom is -0.481 e. The Morgan fingerprint density at radius 1 is 0.830 bits per heavy atom.